The molecule has 1 saturated heterocycles. The number of likely N-dealkylation sites (tertiary alicyclic amines) is 1. The van der Waals surface area contributed by atoms with Gasteiger partial charge in [0.1, 0.15) is 5.76 Å². The minimum Gasteiger partial charge on any atom is -0.455 e. The van der Waals surface area contributed by atoms with Crippen molar-refractivity contribution >= 4 is 17.5 Å². The zero-order valence-electron chi connectivity index (χ0n) is 8.54. The van der Waals surface area contributed by atoms with Gasteiger partial charge in [-0.25, -0.2) is 0 Å². The topological polar surface area (TPSA) is 33.5 Å². The van der Waals surface area contributed by atoms with Gasteiger partial charge in [-0.05, 0) is 31.4 Å². The molecule has 1 fully saturated rings. The van der Waals surface area contributed by atoms with Crippen LogP contribution in [0.2, 0.25) is 0 Å². The van der Waals surface area contributed by atoms with Crippen LogP contribution in [-0.4, -0.2) is 23.9 Å². The molecule has 0 spiro atoms. The summed E-state index contributed by atoms with van der Waals surface area (Å²) >= 11 is 5.61. The fourth-order valence-corrected chi connectivity index (χ4v) is 1.96. The SMILES string of the molecule is O=C(c1ccc(CCl)o1)N1CCCCC1. The summed E-state index contributed by atoms with van der Waals surface area (Å²) in [5.41, 5.74) is 0. The van der Waals surface area contributed by atoms with Crippen LogP contribution in [0.3, 0.4) is 0 Å². The smallest absolute Gasteiger partial charge is 0.289 e. The van der Waals surface area contributed by atoms with Crippen LogP contribution in [0.1, 0.15) is 35.6 Å². The van der Waals surface area contributed by atoms with Gasteiger partial charge in [-0.2, -0.15) is 0 Å². The molecule has 0 unspecified atom stereocenters. The van der Waals surface area contributed by atoms with Gasteiger partial charge >= 0.3 is 0 Å². The first-order chi connectivity index (χ1) is 7.31. The van der Waals surface area contributed by atoms with Crippen molar-refractivity contribution in [3.8, 4) is 0 Å². The molecule has 2 rings (SSSR count). The standard InChI is InChI=1S/C11H14ClNO2/c12-8-9-4-5-10(15-9)11(14)13-6-2-1-3-7-13/h4-5H,1-3,6-8H2. The van der Waals surface area contributed by atoms with E-state index in [0.717, 1.165) is 25.9 Å². The van der Waals surface area contributed by atoms with E-state index in [1.165, 1.54) is 6.42 Å². The summed E-state index contributed by atoms with van der Waals surface area (Å²) in [6, 6.07) is 3.46. The second kappa shape index (κ2) is 4.71. The van der Waals surface area contributed by atoms with Gasteiger partial charge in [0.2, 0.25) is 0 Å². The van der Waals surface area contributed by atoms with Gasteiger partial charge < -0.3 is 9.32 Å². The summed E-state index contributed by atoms with van der Waals surface area (Å²) in [6.45, 7) is 1.69. The monoisotopic (exact) mass is 227 g/mol. The van der Waals surface area contributed by atoms with E-state index in [-0.39, 0.29) is 5.91 Å². The molecule has 1 aromatic heterocycles. The van der Waals surface area contributed by atoms with Gasteiger partial charge in [0.05, 0.1) is 5.88 Å². The van der Waals surface area contributed by atoms with E-state index in [1.807, 2.05) is 4.90 Å². The lowest BCUT2D eigenvalue weighted by Gasteiger charge is -2.25. The zero-order chi connectivity index (χ0) is 10.7. The Labute approximate surface area is 94.0 Å². The Morgan fingerprint density at radius 2 is 2.07 bits per heavy atom. The fraction of sp³-hybridized carbons (Fsp3) is 0.545. The predicted octanol–water partition coefficient (Wildman–Crippen LogP) is 2.64. The zero-order valence-corrected chi connectivity index (χ0v) is 9.29. The normalized spacial score (nSPS) is 16.7. The van der Waals surface area contributed by atoms with Crippen molar-refractivity contribution in [2.75, 3.05) is 13.1 Å². The average molecular weight is 228 g/mol. The average Bonchev–Trinajstić information content (AvgIpc) is 2.78. The summed E-state index contributed by atoms with van der Waals surface area (Å²) in [5, 5.41) is 0. The molecule has 0 N–H and O–H groups in total. The Kier molecular flexibility index (Phi) is 3.31. The number of hydrogen-bond donors (Lipinski definition) is 0. The molecule has 0 radical (unpaired) electrons. The van der Waals surface area contributed by atoms with Gasteiger partial charge in [-0.1, -0.05) is 0 Å². The number of carbonyl (C=O) groups excluding carboxylic acids is 1. The lowest BCUT2D eigenvalue weighted by Crippen LogP contribution is -2.35. The Bertz CT molecular complexity index is 342. The summed E-state index contributed by atoms with van der Waals surface area (Å²) in [5.74, 6) is 1.36. The van der Waals surface area contributed by atoms with Gasteiger partial charge in [-0.15, -0.1) is 11.6 Å². The van der Waals surface area contributed by atoms with Crippen LogP contribution < -0.4 is 0 Å². The molecular formula is C11H14ClNO2. The number of hydrogen-bond acceptors (Lipinski definition) is 2. The number of piperidine rings is 1. The van der Waals surface area contributed by atoms with Crippen LogP contribution in [-0.2, 0) is 5.88 Å². The van der Waals surface area contributed by atoms with Crippen molar-refractivity contribution in [1.82, 2.24) is 4.90 Å². The molecule has 1 aliphatic heterocycles. The fourth-order valence-electron chi connectivity index (χ4n) is 1.82. The van der Waals surface area contributed by atoms with Crippen molar-refractivity contribution in [2.24, 2.45) is 0 Å². The van der Waals surface area contributed by atoms with Gasteiger partial charge in [0.25, 0.3) is 5.91 Å². The van der Waals surface area contributed by atoms with Crippen LogP contribution in [0.4, 0.5) is 0 Å². The lowest BCUT2D eigenvalue weighted by molar-refractivity contribution is 0.0690. The minimum atomic E-state index is -0.00827. The summed E-state index contributed by atoms with van der Waals surface area (Å²) in [6.07, 6.45) is 3.40. The van der Waals surface area contributed by atoms with Crippen molar-refractivity contribution in [1.29, 1.82) is 0 Å². The maximum absolute atomic E-state index is 11.9. The highest BCUT2D eigenvalue weighted by Crippen LogP contribution is 2.16. The molecule has 1 aromatic rings. The number of alkyl halides is 1. The molecular weight excluding hydrogens is 214 g/mol. The second-order valence-corrected chi connectivity index (χ2v) is 4.02. The number of furan rings is 1. The first-order valence-corrected chi connectivity index (χ1v) is 5.78. The Balaban J connectivity index is 2.05. The number of rotatable bonds is 2. The van der Waals surface area contributed by atoms with Gasteiger partial charge in [0, 0.05) is 13.1 Å². The van der Waals surface area contributed by atoms with Crippen molar-refractivity contribution in [3.63, 3.8) is 0 Å². The summed E-state index contributed by atoms with van der Waals surface area (Å²) in [4.78, 5) is 13.8. The third-order valence-corrected chi connectivity index (χ3v) is 2.91. The van der Waals surface area contributed by atoms with E-state index >= 15 is 0 Å². The van der Waals surface area contributed by atoms with E-state index in [0.29, 0.717) is 17.4 Å². The Morgan fingerprint density at radius 1 is 1.33 bits per heavy atom. The Morgan fingerprint density at radius 3 is 2.67 bits per heavy atom. The molecule has 0 bridgehead atoms. The van der Waals surface area contributed by atoms with E-state index in [1.54, 1.807) is 12.1 Å². The molecule has 0 aromatic carbocycles. The quantitative estimate of drug-likeness (QED) is 0.728. The first kappa shape index (κ1) is 10.6. The van der Waals surface area contributed by atoms with E-state index < -0.39 is 0 Å². The number of halogens is 1. The first-order valence-electron chi connectivity index (χ1n) is 5.25. The number of amides is 1. The van der Waals surface area contributed by atoms with Gasteiger partial charge in [-0.3, -0.25) is 4.79 Å². The molecule has 15 heavy (non-hydrogen) atoms. The molecule has 0 saturated carbocycles. The highest BCUT2D eigenvalue weighted by atomic mass is 35.5. The van der Waals surface area contributed by atoms with Crippen molar-refractivity contribution < 1.29 is 9.21 Å². The molecule has 82 valence electrons. The van der Waals surface area contributed by atoms with E-state index in [4.69, 9.17) is 16.0 Å². The maximum Gasteiger partial charge on any atom is 0.289 e. The Hall–Kier alpha value is -0.960. The largest absolute Gasteiger partial charge is 0.455 e. The van der Waals surface area contributed by atoms with E-state index in [9.17, 15) is 4.79 Å². The van der Waals surface area contributed by atoms with Crippen molar-refractivity contribution in [3.05, 3.63) is 23.7 Å². The van der Waals surface area contributed by atoms with Gasteiger partial charge in [0.15, 0.2) is 5.76 Å². The molecule has 1 amide bonds. The third kappa shape index (κ3) is 2.34. The highest BCUT2D eigenvalue weighted by molar-refractivity contribution is 6.16. The van der Waals surface area contributed by atoms with Crippen LogP contribution in [0, 0.1) is 0 Å². The minimum absolute atomic E-state index is 0.00827. The summed E-state index contributed by atoms with van der Waals surface area (Å²) in [7, 11) is 0. The molecule has 2 heterocycles. The lowest BCUT2D eigenvalue weighted by atomic mass is 10.1. The van der Waals surface area contributed by atoms with Crippen LogP contribution in [0.25, 0.3) is 0 Å². The summed E-state index contributed by atoms with van der Waals surface area (Å²) < 4.78 is 5.32. The van der Waals surface area contributed by atoms with Crippen LogP contribution in [0.15, 0.2) is 16.5 Å². The predicted molar refractivity (Wildman–Crippen MR) is 58.0 cm³/mol. The number of carbonyl (C=O) groups is 1. The molecule has 3 nitrogen and oxygen atoms in total. The molecule has 4 heteroatoms. The van der Waals surface area contributed by atoms with Crippen LogP contribution in [0.5, 0.6) is 0 Å². The van der Waals surface area contributed by atoms with Crippen molar-refractivity contribution in [2.45, 2.75) is 25.1 Å². The van der Waals surface area contributed by atoms with Crippen LogP contribution >= 0.6 is 11.6 Å². The molecule has 0 atom stereocenters. The molecule has 0 aliphatic carbocycles. The maximum atomic E-state index is 11.9. The highest BCUT2D eigenvalue weighted by Gasteiger charge is 2.20. The third-order valence-electron chi connectivity index (χ3n) is 2.65. The second-order valence-electron chi connectivity index (χ2n) is 3.75. The number of nitrogens with zero attached hydrogens (tertiary/aromatic N) is 1. The molecule has 1 aliphatic rings. The van der Waals surface area contributed by atoms with E-state index in [2.05, 4.69) is 0 Å².